The average Bonchev–Trinajstić information content (AvgIpc) is 2.80. The van der Waals surface area contributed by atoms with Crippen molar-refractivity contribution in [3.8, 4) is 0 Å². The summed E-state index contributed by atoms with van der Waals surface area (Å²) in [5.41, 5.74) is -0.447. The molecule has 0 radical (unpaired) electrons. The number of hydrogen-bond donors (Lipinski definition) is 2. The van der Waals surface area contributed by atoms with E-state index in [0.717, 1.165) is 12.1 Å². The third-order valence-corrected chi connectivity index (χ3v) is 3.92. The van der Waals surface area contributed by atoms with Gasteiger partial charge in [-0.1, -0.05) is 12.1 Å². The average molecular weight is 344 g/mol. The van der Waals surface area contributed by atoms with Crippen LogP contribution in [0.4, 0.5) is 13.2 Å². The van der Waals surface area contributed by atoms with Gasteiger partial charge in [0, 0.05) is 13.5 Å². The molecule has 1 heterocycles. The smallest absolute Gasteiger partial charge is 0.416 e. The molecule has 2 amide bonds. The van der Waals surface area contributed by atoms with E-state index in [1.807, 2.05) is 0 Å². The summed E-state index contributed by atoms with van der Waals surface area (Å²) in [6.07, 6.45) is -4.61. The molecule has 0 aromatic heterocycles. The number of carboxylic acids is 1. The van der Waals surface area contributed by atoms with Crippen molar-refractivity contribution in [1.82, 2.24) is 10.2 Å². The van der Waals surface area contributed by atoms with Crippen molar-refractivity contribution in [2.75, 3.05) is 13.6 Å². The molecule has 1 aliphatic rings. The molecule has 1 fully saturated rings. The maximum Gasteiger partial charge on any atom is 0.416 e. The summed E-state index contributed by atoms with van der Waals surface area (Å²) in [6.45, 7) is -0.590. The van der Waals surface area contributed by atoms with Gasteiger partial charge in [-0.05, 0) is 17.7 Å². The SMILES string of the molecule is CN1C(=O)C[C@@H](C(=O)NCC(=O)O)[C@@H]1c1ccc(C(F)(F)F)cc1. The summed E-state index contributed by atoms with van der Waals surface area (Å²) in [5.74, 6) is -3.05. The molecule has 1 saturated heterocycles. The van der Waals surface area contributed by atoms with Gasteiger partial charge in [0.15, 0.2) is 0 Å². The number of amides is 2. The largest absolute Gasteiger partial charge is 0.480 e. The Bertz CT molecular complexity index is 658. The van der Waals surface area contributed by atoms with E-state index in [0.29, 0.717) is 5.56 Å². The highest BCUT2D eigenvalue weighted by Gasteiger charge is 2.43. The summed E-state index contributed by atoms with van der Waals surface area (Å²) in [4.78, 5) is 35.8. The highest BCUT2D eigenvalue weighted by molar-refractivity contribution is 5.91. The Morgan fingerprint density at radius 1 is 1.29 bits per heavy atom. The number of carboxylic acid groups (broad SMARTS) is 1. The van der Waals surface area contributed by atoms with Crippen LogP contribution in [0, 0.1) is 5.92 Å². The molecule has 2 rings (SSSR count). The van der Waals surface area contributed by atoms with Crippen LogP contribution in [0.25, 0.3) is 0 Å². The van der Waals surface area contributed by atoms with Gasteiger partial charge in [0.25, 0.3) is 0 Å². The Kier molecular flexibility index (Phi) is 4.81. The molecule has 24 heavy (non-hydrogen) atoms. The quantitative estimate of drug-likeness (QED) is 0.865. The maximum absolute atomic E-state index is 12.6. The summed E-state index contributed by atoms with van der Waals surface area (Å²) in [7, 11) is 1.45. The topological polar surface area (TPSA) is 86.7 Å². The lowest BCUT2D eigenvalue weighted by molar-refractivity contribution is -0.138. The second-order valence-corrected chi connectivity index (χ2v) is 5.49. The van der Waals surface area contributed by atoms with Gasteiger partial charge in [-0.2, -0.15) is 13.2 Å². The van der Waals surface area contributed by atoms with Crippen LogP contribution >= 0.6 is 0 Å². The van der Waals surface area contributed by atoms with Crippen LogP contribution < -0.4 is 5.32 Å². The van der Waals surface area contributed by atoms with Crippen molar-refractivity contribution < 1.29 is 32.7 Å². The van der Waals surface area contributed by atoms with E-state index in [1.54, 1.807) is 0 Å². The standard InChI is InChI=1S/C15H15F3N2O4/c1-20-11(21)6-10(14(24)19-7-12(22)23)13(20)8-2-4-9(5-3-8)15(16,17)18/h2-5,10,13H,6-7H2,1H3,(H,19,24)(H,22,23)/t10-,13+/m1/s1. The Labute approximate surface area is 135 Å². The van der Waals surface area contributed by atoms with Crippen molar-refractivity contribution >= 4 is 17.8 Å². The van der Waals surface area contributed by atoms with E-state index in [4.69, 9.17) is 5.11 Å². The van der Waals surface area contributed by atoms with E-state index in [-0.39, 0.29) is 12.3 Å². The molecular formula is C15H15F3N2O4. The molecule has 1 aromatic carbocycles. The van der Waals surface area contributed by atoms with Crippen LogP contribution in [0.3, 0.4) is 0 Å². The lowest BCUT2D eigenvalue weighted by atomic mass is 9.92. The molecule has 9 heteroatoms. The van der Waals surface area contributed by atoms with Gasteiger partial charge < -0.3 is 15.3 Å². The number of likely N-dealkylation sites (tertiary alicyclic amines) is 1. The Morgan fingerprint density at radius 3 is 2.38 bits per heavy atom. The van der Waals surface area contributed by atoms with Crippen molar-refractivity contribution in [2.45, 2.75) is 18.6 Å². The number of aliphatic carboxylic acids is 1. The molecule has 130 valence electrons. The Hall–Kier alpha value is -2.58. The normalized spacial score (nSPS) is 21.0. The van der Waals surface area contributed by atoms with Crippen LogP contribution in [0.5, 0.6) is 0 Å². The van der Waals surface area contributed by atoms with Crippen molar-refractivity contribution in [3.05, 3.63) is 35.4 Å². The molecule has 6 nitrogen and oxygen atoms in total. The number of nitrogens with one attached hydrogen (secondary N) is 1. The van der Waals surface area contributed by atoms with Gasteiger partial charge in [-0.25, -0.2) is 0 Å². The van der Waals surface area contributed by atoms with Gasteiger partial charge in [0.2, 0.25) is 11.8 Å². The first-order valence-electron chi connectivity index (χ1n) is 7.03. The molecule has 2 N–H and O–H groups in total. The highest BCUT2D eigenvalue weighted by atomic mass is 19.4. The molecule has 2 atom stereocenters. The first kappa shape index (κ1) is 17.8. The zero-order valence-corrected chi connectivity index (χ0v) is 12.6. The molecule has 1 aromatic rings. The van der Waals surface area contributed by atoms with Gasteiger partial charge in [-0.3, -0.25) is 14.4 Å². The third kappa shape index (κ3) is 3.66. The monoisotopic (exact) mass is 344 g/mol. The fraction of sp³-hybridized carbons (Fsp3) is 0.400. The zero-order chi connectivity index (χ0) is 18.1. The van der Waals surface area contributed by atoms with Crippen molar-refractivity contribution in [2.24, 2.45) is 5.92 Å². The van der Waals surface area contributed by atoms with Crippen LogP contribution in [-0.4, -0.2) is 41.4 Å². The number of hydrogen-bond acceptors (Lipinski definition) is 3. The predicted octanol–water partition coefficient (Wildman–Crippen LogP) is 1.43. The van der Waals surface area contributed by atoms with E-state index >= 15 is 0 Å². The molecule has 0 saturated carbocycles. The number of nitrogens with zero attached hydrogens (tertiary/aromatic N) is 1. The molecule has 0 bridgehead atoms. The summed E-state index contributed by atoms with van der Waals surface area (Å²) in [6, 6.07) is 3.48. The number of rotatable bonds is 4. The minimum absolute atomic E-state index is 0.131. The van der Waals surface area contributed by atoms with E-state index < -0.39 is 42.1 Å². The van der Waals surface area contributed by atoms with Crippen molar-refractivity contribution in [3.63, 3.8) is 0 Å². The second-order valence-electron chi connectivity index (χ2n) is 5.49. The minimum Gasteiger partial charge on any atom is -0.480 e. The van der Waals surface area contributed by atoms with Gasteiger partial charge in [0.1, 0.15) is 6.54 Å². The van der Waals surface area contributed by atoms with Crippen LogP contribution in [0.15, 0.2) is 24.3 Å². The number of carbonyl (C=O) groups is 3. The van der Waals surface area contributed by atoms with E-state index in [2.05, 4.69) is 5.32 Å². The highest BCUT2D eigenvalue weighted by Crippen LogP contribution is 2.38. The number of benzene rings is 1. The maximum atomic E-state index is 12.6. The molecular weight excluding hydrogens is 329 g/mol. The molecule has 0 aliphatic carbocycles. The zero-order valence-electron chi connectivity index (χ0n) is 12.6. The fourth-order valence-electron chi connectivity index (χ4n) is 2.72. The van der Waals surface area contributed by atoms with Crippen molar-refractivity contribution in [1.29, 1.82) is 0 Å². The number of halogens is 3. The lowest BCUT2D eigenvalue weighted by Crippen LogP contribution is -2.37. The summed E-state index contributed by atoms with van der Waals surface area (Å²) >= 11 is 0. The first-order chi connectivity index (χ1) is 11.1. The second kappa shape index (κ2) is 6.50. The fourth-order valence-corrected chi connectivity index (χ4v) is 2.72. The van der Waals surface area contributed by atoms with E-state index in [1.165, 1.54) is 24.1 Å². The van der Waals surface area contributed by atoms with Crippen LogP contribution in [-0.2, 0) is 20.6 Å². The minimum atomic E-state index is -4.48. The molecule has 0 spiro atoms. The Morgan fingerprint density at radius 2 is 1.88 bits per heavy atom. The van der Waals surface area contributed by atoms with Gasteiger partial charge in [0.05, 0.1) is 17.5 Å². The number of carbonyl (C=O) groups excluding carboxylic acids is 2. The first-order valence-corrected chi connectivity index (χ1v) is 7.03. The lowest BCUT2D eigenvalue weighted by Gasteiger charge is -2.25. The Balaban J connectivity index is 2.25. The van der Waals surface area contributed by atoms with Crippen LogP contribution in [0.2, 0.25) is 0 Å². The van der Waals surface area contributed by atoms with Gasteiger partial charge in [-0.15, -0.1) is 0 Å². The number of alkyl halides is 3. The molecule has 0 unspecified atom stereocenters. The van der Waals surface area contributed by atoms with E-state index in [9.17, 15) is 27.6 Å². The molecule has 1 aliphatic heterocycles. The van der Waals surface area contributed by atoms with Gasteiger partial charge >= 0.3 is 12.1 Å². The predicted molar refractivity (Wildman–Crippen MR) is 75.7 cm³/mol. The summed E-state index contributed by atoms with van der Waals surface area (Å²) in [5, 5.41) is 10.8. The van der Waals surface area contributed by atoms with Crippen LogP contribution in [0.1, 0.15) is 23.6 Å². The summed E-state index contributed by atoms with van der Waals surface area (Å²) < 4.78 is 37.9. The third-order valence-electron chi connectivity index (χ3n) is 3.92.